The van der Waals surface area contributed by atoms with Crippen molar-refractivity contribution in [3.05, 3.63) is 0 Å². The molecule has 0 atom stereocenters. The lowest BCUT2D eigenvalue weighted by atomic mass is 9.96. The molecule has 0 aromatic heterocycles. The van der Waals surface area contributed by atoms with Gasteiger partial charge in [-0.3, -0.25) is 15.1 Å². The lowest BCUT2D eigenvalue weighted by Gasteiger charge is -2.45. The maximum Gasteiger partial charge on any atom is 0.338 e. The van der Waals surface area contributed by atoms with Crippen LogP contribution in [-0.4, -0.2) is 47.1 Å². The molecule has 1 aliphatic rings. The highest BCUT2D eigenvalue weighted by Gasteiger charge is 2.46. The number of aliphatic hydroxyl groups is 1. The maximum absolute atomic E-state index is 12.9. The standard InChI is InChI=1S/C7H13F2N3O2/c1-6(14)2-12(3-6)4-7(8,9)5(13)11-10/h14H,2-4,10H2,1H3,(H,11,13). The van der Waals surface area contributed by atoms with Gasteiger partial charge in [0.1, 0.15) is 0 Å². The van der Waals surface area contributed by atoms with Gasteiger partial charge in [-0.25, -0.2) is 5.84 Å². The molecule has 0 bridgehead atoms. The van der Waals surface area contributed by atoms with Crippen LogP contribution in [0.15, 0.2) is 0 Å². The second-order valence-corrected chi connectivity index (χ2v) is 3.82. The van der Waals surface area contributed by atoms with E-state index >= 15 is 0 Å². The molecule has 4 N–H and O–H groups in total. The number of likely N-dealkylation sites (tertiary alicyclic amines) is 1. The summed E-state index contributed by atoms with van der Waals surface area (Å²) in [6.45, 7) is 1.11. The molecular weight excluding hydrogens is 196 g/mol. The lowest BCUT2D eigenvalue weighted by Crippen LogP contribution is -2.63. The quantitative estimate of drug-likeness (QED) is 0.306. The SMILES string of the molecule is CC1(O)CN(CC(F)(F)C(=O)NN)C1. The largest absolute Gasteiger partial charge is 0.388 e. The van der Waals surface area contributed by atoms with Gasteiger partial charge in [-0.2, -0.15) is 8.78 Å². The number of carbonyl (C=O) groups is 1. The van der Waals surface area contributed by atoms with Crippen molar-refractivity contribution in [1.82, 2.24) is 10.3 Å². The van der Waals surface area contributed by atoms with E-state index < -0.39 is 24.0 Å². The molecule has 0 aliphatic carbocycles. The number of hydrazine groups is 1. The van der Waals surface area contributed by atoms with E-state index in [9.17, 15) is 18.7 Å². The molecule has 0 unspecified atom stereocenters. The minimum absolute atomic E-state index is 0.139. The number of nitrogens with two attached hydrogens (primary N) is 1. The van der Waals surface area contributed by atoms with Crippen LogP contribution in [0.3, 0.4) is 0 Å². The van der Waals surface area contributed by atoms with Crippen LogP contribution in [0.2, 0.25) is 0 Å². The number of nitrogens with one attached hydrogen (secondary N) is 1. The Morgan fingerprint density at radius 1 is 1.71 bits per heavy atom. The third-order valence-corrected chi connectivity index (χ3v) is 2.01. The average molecular weight is 209 g/mol. The molecule has 0 saturated carbocycles. The first kappa shape index (κ1) is 11.3. The smallest absolute Gasteiger partial charge is 0.338 e. The van der Waals surface area contributed by atoms with Crippen LogP contribution >= 0.6 is 0 Å². The van der Waals surface area contributed by atoms with E-state index in [0.717, 1.165) is 0 Å². The summed E-state index contributed by atoms with van der Waals surface area (Å²) in [4.78, 5) is 11.9. The topological polar surface area (TPSA) is 78.6 Å². The minimum Gasteiger partial charge on any atom is -0.388 e. The molecule has 1 rings (SSSR count). The van der Waals surface area contributed by atoms with E-state index in [1.165, 1.54) is 10.3 Å². The first-order valence-electron chi connectivity index (χ1n) is 4.10. The predicted octanol–water partition coefficient (Wildman–Crippen LogP) is -1.32. The van der Waals surface area contributed by atoms with Gasteiger partial charge in [0.2, 0.25) is 0 Å². The summed E-state index contributed by atoms with van der Waals surface area (Å²) in [5.74, 6) is -0.420. The molecule has 0 aromatic carbocycles. The Bertz CT molecular complexity index is 237. The number of β-amino-alcohol motifs (C(OH)–C–C–N with tert-alkyl or cyclic N) is 1. The number of hydrogen-bond acceptors (Lipinski definition) is 4. The van der Waals surface area contributed by atoms with Crippen molar-refractivity contribution < 1.29 is 18.7 Å². The highest BCUT2D eigenvalue weighted by molar-refractivity contribution is 5.83. The molecule has 7 heteroatoms. The van der Waals surface area contributed by atoms with Gasteiger partial charge in [-0.1, -0.05) is 0 Å². The summed E-state index contributed by atoms with van der Waals surface area (Å²) in [5, 5.41) is 9.26. The van der Waals surface area contributed by atoms with E-state index in [0.29, 0.717) is 0 Å². The van der Waals surface area contributed by atoms with Gasteiger partial charge in [0.05, 0.1) is 12.1 Å². The van der Waals surface area contributed by atoms with Gasteiger partial charge in [0, 0.05) is 13.1 Å². The Labute approximate surface area is 79.8 Å². The summed E-state index contributed by atoms with van der Waals surface area (Å²) in [6, 6.07) is 0. The molecule has 0 aromatic rings. The van der Waals surface area contributed by atoms with E-state index in [1.54, 1.807) is 6.92 Å². The van der Waals surface area contributed by atoms with Crippen molar-refractivity contribution in [3.63, 3.8) is 0 Å². The van der Waals surface area contributed by atoms with Crippen LogP contribution in [0.1, 0.15) is 6.92 Å². The molecule has 1 aliphatic heterocycles. The predicted molar refractivity (Wildman–Crippen MR) is 44.3 cm³/mol. The number of amides is 1. The van der Waals surface area contributed by atoms with Gasteiger partial charge in [0.25, 0.3) is 0 Å². The zero-order chi connectivity index (χ0) is 11.0. The van der Waals surface area contributed by atoms with Crippen LogP contribution in [-0.2, 0) is 4.79 Å². The Kier molecular flexibility index (Phi) is 2.75. The Morgan fingerprint density at radius 3 is 2.57 bits per heavy atom. The van der Waals surface area contributed by atoms with Crippen LogP contribution < -0.4 is 11.3 Å². The molecule has 5 nitrogen and oxygen atoms in total. The maximum atomic E-state index is 12.9. The zero-order valence-electron chi connectivity index (χ0n) is 7.76. The van der Waals surface area contributed by atoms with E-state index in [1.807, 2.05) is 0 Å². The zero-order valence-corrected chi connectivity index (χ0v) is 7.76. The van der Waals surface area contributed by atoms with Gasteiger partial charge in [-0.15, -0.1) is 0 Å². The Morgan fingerprint density at radius 2 is 2.21 bits per heavy atom. The van der Waals surface area contributed by atoms with Gasteiger partial charge in [-0.05, 0) is 6.92 Å². The summed E-state index contributed by atoms with van der Waals surface area (Å²) < 4.78 is 25.9. The van der Waals surface area contributed by atoms with Crippen molar-refractivity contribution >= 4 is 5.91 Å². The third-order valence-electron chi connectivity index (χ3n) is 2.01. The second kappa shape index (κ2) is 3.41. The van der Waals surface area contributed by atoms with Crippen LogP contribution in [0, 0.1) is 0 Å². The normalized spacial score (nSPS) is 21.5. The molecule has 1 fully saturated rings. The summed E-state index contributed by atoms with van der Waals surface area (Å²) in [6.07, 6.45) is 0. The molecule has 82 valence electrons. The van der Waals surface area contributed by atoms with Crippen molar-refractivity contribution in [2.75, 3.05) is 19.6 Å². The van der Waals surface area contributed by atoms with Crippen LogP contribution in [0.5, 0.6) is 0 Å². The molecule has 1 saturated heterocycles. The van der Waals surface area contributed by atoms with Crippen molar-refractivity contribution in [3.8, 4) is 0 Å². The fraction of sp³-hybridized carbons (Fsp3) is 0.857. The van der Waals surface area contributed by atoms with Crippen LogP contribution in [0.4, 0.5) is 8.78 Å². The Balaban J connectivity index is 2.42. The molecule has 1 heterocycles. The van der Waals surface area contributed by atoms with Crippen molar-refractivity contribution in [1.29, 1.82) is 0 Å². The fourth-order valence-electron chi connectivity index (χ4n) is 1.49. The third kappa shape index (κ3) is 2.37. The first-order chi connectivity index (χ1) is 6.27. The van der Waals surface area contributed by atoms with Gasteiger partial charge in [0.15, 0.2) is 0 Å². The van der Waals surface area contributed by atoms with E-state index in [4.69, 9.17) is 0 Å². The first-order valence-corrected chi connectivity index (χ1v) is 4.10. The lowest BCUT2D eigenvalue weighted by molar-refractivity contribution is -0.159. The molecule has 14 heavy (non-hydrogen) atoms. The van der Waals surface area contributed by atoms with Crippen LogP contribution in [0.25, 0.3) is 0 Å². The van der Waals surface area contributed by atoms with Gasteiger partial charge < -0.3 is 5.11 Å². The number of carbonyl (C=O) groups excluding carboxylic acids is 1. The van der Waals surface area contributed by atoms with Crippen molar-refractivity contribution in [2.24, 2.45) is 5.84 Å². The molecule has 0 radical (unpaired) electrons. The molecule has 0 spiro atoms. The summed E-state index contributed by atoms with van der Waals surface area (Å²) in [5.41, 5.74) is 0.480. The number of nitrogens with zero attached hydrogens (tertiary/aromatic N) is 1. The van der Waals surface area contributed by atoms with Gasteiger partial charge >= 0.3 is 11.8 Å². The summed E-state index contributed by atoms with van der Waals surface area (Å²) in [7, 11) is 0. The average Bonchev–Trinajstić information content (AvgIpc) is 1.98. The Hall–Kier alpha value is -0.790. The highest BCUT2D eigenvalue weighted by Crippen LogP contribution is 2.24. The summed E-state index contributed by atoms with van der Waals surface area (Å²) >= 11 is 0. The van der Waals surface area contributed by atoms with E-state index in [2.05, 4.69) is 5.84 Å². The van der Waals surface area contributed by atoms with Crippen molar-refractivity contribution in [2.45, 2.75) is 18.4 Å². The monoisotopic (exact) mass is 209 g/mol. The molecular formula is C7H13F2N3O2. The highest BCUT2D eigenvalue weighted by atomic mass is 19.3. The molecule has 1 amide bonds. The minimum atomic E-state index is -3.51. The number of alkyl halides is 2. The number of rotatable bonds is 3. The number of halogens is 2. The second-order valence-electron chi connectivity index (χ2n) is 3.82. The number of hydrogen-bond donors (Lipinski definition) is 3. The fourth-order valence-corrected chi connectivity index (χ4v) is 1.49. The van der Waals surface area contributed by atoms with E-state index in [-0.39, 0.29) is 13.1 Å².